The predicted molar refractivity (Wildman–Crippen MR) is 191 cm³/mol. The molecule has 1 aliphatic carbocycles. The van der Waals surface area contributed by atoms with Gasteiger partial charge >= 0.3 is 0 Å². The van der Waals surface area contributed by atoms with Gasteiger partial charge in [-0.1, -0.05) is 72.6 Å². The third-order valence-electron chi connectivity index (χ3n) is 9.50. The molecule has 1 heterocycles. The summed E-state index contributed by atoms with van der Waals surface area (Å²) in [6, 6.07) is 31.5. The van der Waals surface area contributed by atoms with Crippen LogP contribution in [0.1, 0.15) is 43.7 Å². The number of para-hydroxylation sites is 1. The summed E-state index contributed by atoms with van der Waals surface area (Å²) in [5.74, 6) is -2.58. The molecule has 0 radical (unpaired) electrons. The third kappa shape index (κ3) is 6.81. The van der Waals surface area contributed by atoms with Crippen LogP contribution in [0.15, 0.2) is 114 Å². The zero-order valence-corrected chi connectivity index (χ0v) is 27.5. The number of carbonyl (C=O) groups excluding carboxylic acids is 2. The van der Waals surface area contributed by atoms with E-state index in [1.54, 1.807) is 24.3 Å². The van der Waals surface area contributed by atoms with Gasteiger partial charge in [0.15, 0.2) is 0 Å². The highest BCUT2D eigenvalue weighted by Crippen LogP contribution is 2.48. The fourth-order valence-electron chi connectivity index (χ4n) is 7.16. The normalized spacial score (nSPS) is 20.2. The number of aliphatic hydroxyl groups is 2. The van der Waals surface area contributed by atoms with Crippen molar-refractivity contribution in [2.45, 2.75) is 38.7 Å². The molecule has 8 heteroatoms. The molecular weight excluding hydrogens is 624 g/mol. The first-order chi connectivity index (χ1) is 23.3. The van der Waals surface area contributed by atoms with Gasteiger partial charge in [-0.3, -0.25) is 14.5 Å². The minimum Gasteiger partial charge on any atom is -0.508 e. The second-order valence-corrected chi connectivity index (χ2v) is 12.8. The van der Waals surface area contributed by atoms with Crippen molar-refractivity contribution in [3.8, 4) is 5.75 Å². The van der Waals surface area contributed by atoms with Gasteiger partial charge in [0.1, 0.15) is 5.75 Å². The first kappa shape index (κ1) is 33.2. The average molecular weight is 663 g/mol. The number of aromatic hydroxyl groups is 1. The van der Waals surface area contributed by atoms with Gasteiger partial charge in [-0.15, -0.1) is 0 Å². The van der Waals surface area contributed by atoms with E-state index in [1.165, 1.54) is 11.0 Å². The number of amides is 2. The molecule has 6 rings (SSSR count). The number of anilines is 3. The van der Waals surface area contributed by atoms with Crippen LogP contribution in [0.4, 0.5) is 17.1 Å². The van der Waals surface area contributed by atoms with E-state index in [1.807, 2.05) is 85.8 Å². The molecule has 1 saturated heterocycles. The van der Waals surface area contributed by atoms with Crippen molar-refractivity contribution in [3.05, 3.63) is 130 Å². The van der Waals surface area contributed by atoms with Crippen LogP contribution in [0.3, 0.4) is 0 Å². The number of phenols is 1. The molecule has 2 amide bonds. The van der Waals surface area contributed by atoms with Crippen LogP contribution >= 0.6 is 11.6 Å². The monoisotopic (exact) mass is 662 g/mol. The van der Waals surface area contributed by atoms with Gasteiger partial charge in [0.25, 0.3) is 0 Å². The summed E-state index contributed by atoms with van der Waals surface area (Å²) in [5.41, 5.74) is 6.48. The molecule has 0 bridgehead atoms. The number of halogens is 1. The van der Waals surface area contributed by atoms with Crippen molar-refractivity contribution < 1.29 is 24.9 Å². The lowest BCUT2D eigenvalue weighted by Crippen LogP contribution is -2.39. The Morgan fingerprint density at radius 3 is 2.25 bits per heavy atom. The number of hydrogen-bond donors (Lipinski definition) is 4. The Labute approximate surface area is 285 Å². The molecule has 0 spiro atoms. The first-order valence-electron chi connectivity index (χ1n) is 16.3. The minimum atomic E-state index is -0.930. The number of nitrogens with one attached hydrogen (secondary N) is 1. The lowest BCUT2D eigenvalue weighted by Gasteiger charge is -2.36. The van der Waals surface area contributed by atoms with Crippen molar-refractivity contribution >= 4 is 52.1 Å². The predicted octanol–water partition coefficient (Wildman–Crippen LogP) is 8.00. The van der Waals surface area contributed by atoms with Gasteiger partial charge in [-0.25, -0.2) is 0 Å². The summed E-state index contributed by atoms with van der Waals surface area (Å²) in [6.07, 6.45) is 2.81. The number of imide groups is 1. The third-order valence-corrected chi connectivity index (χ3v) is 9.83. The SMILES string of the molecule is CCC1=C([C@H](O)CC/C(=C/c2ccc(O)cc2Cl)c2ccccc2)[C@H](CO)[C@@H]2C(=O)N(c3ccc(Nc4ccccc4)cc3)C(=O)[C@@H]2C1. The Morgan fingerprint density at radius 2 is 1.60 bits per heavy atom. The molecule has 4 atom stereocenters. The Morgan fingerprint density at radius 1 is 0.938 bits per heavy atom. The second-order valence-electron chi connectivity index (χ2n) is 12.4. The van der Waals surface area contributed by atoms with E-state index in [0.717, 1.165) is 33.6 Å². The van der Waals surface area contributed by atoms with Gasteiger partial charge in [0.2, 0.25) is 11.8 Å². The topological polar surface area (TPSA) is 110 Å². The molecule has 7 nitrogen and oxygen atoms in total. The van der Waals surface area contributed by atoms with Crippen LogP contribution in [0.5, 0.6) is 5.75 Å². The van der Waals surface area contributed by atoms with Crippen LogP contribution in [0, 0.1) is 17.8 Å². The number of benzene rings is 4. The van der Waals surface area contributed by atoms with E-state index >= 15 is 0 Å². The Bertz CT molecular complexity index is 1840. The number of hydrogen-bond acceptors (Lipinski definition) is 6. The van der Waals surface area contributed by atoms with E-state index < -0.39 is 23.9 Å². The smallest absolute Gasteiger partial charge is 0.238 e. The molecule has 0 saturated carbocycles. The van der Waals surface area contributed by atoms with Crippen molar-refractivity contribution in [1.29, 1.82) is 0 Å². The summed E-state index contributed by atoms with van der Waals surface area (Å²) < 4.78 is 0. The Balaban J connectivity index is 1.23. The molecule has 4 aromatic rings. The lowest BCUT2D eigenvalue weighted by atomic mass is 9.67. The average Bonchev–Trinajstić information content (AvgIpc) is 3.36. The molecule has 246 valence electrons. The number of nitrogens with zero attached hydrogens (tertiary/aromatic N) is 1. The highest BCUT2D eigenvalue weighted by Gasteiger charge is 2.55. The maximum atomic E-state index is 14.0. The molecule has 48 heavy (non-hydrogen) atoms. The number of fused-ring (bicyclic) bond motifs is 1. The highest BCUT2D eigenvalue weighted by molar-refractivity contribution is 6.32. The quantitative estimate of drug-likeness (QED) is 0.0736. The molecule has 4 aromatic carbocycles. The van der Waals surface area contributed by atoms with Crippen LogP contribution in [0.25, 0.3) is 11.6 Å². The van der Waals surface area contributed by atoms with Crippen LogP contribution in [-0.2, 0) is 9.59 Å². The summed E-state index contributed by atoms with van der Waals surface area (Å²) in [5, 5.41) is 36.1. The van der Waals surface area contributed by atoms with Crippen LogP contribution < -0.4 is 10.2 Å². The number of aliphatic hydroxyl groups excluding tert-OH is 2. The van der Waals surface area contributed by atoms with Gasteiger partial charge in [0, 0.05) is 17.3 Å². The molecule has 0 unspecified atom stereocenters. The second kappa shape index (κ2) is 14.6. The first-order valence-corrected chi connectivity index (χ1v) is 16.7. The van der Waals surface area contributed by atoms with E-state index in [4.69, 9.17) is 11.6 Å². The van der Waals surface area contributed by atoms with Crippen LogP contribution in [-0.4, -0.2) is 39.8 Å². The molecule has 4 N–H and O–H groups in total. The van der Waals surface area contributed by atoms with Crippen molar-refractivity contribution in [2.24, 2.45) is 17.8 Å². The highest BCUT2D eigenvalue weighted by atomic mass is 35.5. The Kier molecular flexibility index (Phi) is 10.1. The summed E-state index contributed by atoms with van der Waals surface area (Å²) in [4.78, 5) is 29.1. The van der Waals surface area contributed by atoms with Crippen molar-refractivity contribution in [2.75, 3.05) is 16.8 Å². The molecular formula is C40H39ClN2O5. The fourth-order valence-corrected chi connectivity index (χ4v) is 7.38. The van der Waals surface area contributed by atoms with E-state index in [2.05, 4.69) is 5.32 Å². The zero-order valence-electron chi connectivity index (χ0n) is 26.7. The number of carbonyl (C=O) groups is 2. The lowest BCUT2D eigenvalue weighted by molar-refractivity contribution is -0.123. The maximum Gasteiger partial charge on any atom is 0.238 e. The number of phenolic OH excluding ortho intramolecular Hbond substituents is 1. The minimum absolute atomic E-state index is 0.0779. The van der Waals surface area contributed by atoms with Crippen molar-refractivity contribution in [1.82, 2.24) is 0 Å². The largest absolute Gasteiger partial charge is 0.508 e. The fraction of sp³-hybridized carbons (Fsp3) is 0.250. The van der Waals surface area contributed by atoms with E-state index in [9.17, 15) is 24.9 Å². The number of rotatable bonds is 11. The van der Waals surface area contributed by atoms with Crippen LogP contribution in [0.2, 0.25) is 5.02 Å². The molecule has 1 fully saturated rings. The van der Waals surface area contributed by atoms with Gasteiger partial charge in [-0.2, -0.15) is 0 Å². The van der Waals surface area contributed by atoms with Gasteiger partial charge < -0.3 is 20.6 Å². The standard InChI is InChI=1S/C40H39ClN2O5/c1-2-25-22-33-38(40(48)43(39(33)47)31-17-15-30(16-18-31)42-29-11-7-4-8-12-29)34(24-44)37(25)36(46)20-14-27(26-9-5-3-6-10-26)21-28-13-19-32(45)23-35(28)41/h3-13,15-19,21,23,33-34,36,38,42,44-46H,2,14,20,22,24H2,1H3/b27-21-/t33-,34+,36-,38-/m1/s1. The molecule has 0 aromatic heterocycles. The van der Waals surface area contributed by atoms with Crippen molar-refractivity contribution in [3.63, 3.8) is 0 Å². The Hall–Kier alpha value is -4.69. The summed E-state index contributed by atoms with van der Waals surface area (Å²) >= 11 is 6.44. The number of allylic oxidation sites excluding steroid dienone is 2. The van der Waals surface area contributed by atoms with E-state index in [0.29, 0.717) is 42.0 Å². The maximum absolute atomic E-state index is 14.0. The summed E-state index contributed by atoms with van der Waals surface area (Å²) in [7, 11) is 0. The van der Waals surface area contributed by atoms with Gasteiger partial charge in [0.05, 0.1) is 35.3 Å². The molecule has 1 aliphatic heterocycles. The summed E-state index contributed by atoms with van der Waals surface area (Å²) in [6.45, 7) is 1.63. The molecule has 2 aliphatic rings. The van der Waals surface area contributed by atoms with Gasteiger partial charge in [-0.05, 0) is 109 Å². The zero-order chi connectivity index (χ0) is 33.8. The van der Waals surface area contributed by atoms with E-state index in [-0.39, 0.29) is 24.2 Å².